The van der Waals surface area contributed by atoms with Gasteiger partial charge in [0.1, 0.15) is 12.4 Å². The van der Waals surface area contributed by atoms with E-state index in [0.717, 1.165) is 33.7 Å². The highest BCUT2D eigenvalue weighted by atomic mass is 16.5. The molecule has 4 rings (SSSR count). The zero-order chi connectivity index (χ0) is 26.7. The van der Waals surface area contributed by atoms with Crippen LogP contribution in [-0.4, -0.2) is 25.7 Å². The molecule has 0 aliphatic carbocycles. The number of benzene rings is 4. The first-order valence-corrected chi connectivity index (χ1v) is 12.7. The van der Waals surface area contributed by atoms with Crippen LogP contribution < -0.4 is 15.0 Å². The first kappa shape index (κ1) is 26.5. The lowest BCUT2D eigenvalue weighted by Crippen LogP contribution is -2.31. The lowest BCUT2D eigenvalue weighted by atomic mass is 10.0. The van der Waals surface area contributed by atoms with Gasteiger partial charge in [-0.3, -0.25) is 9.69 Å². The Bertz CT molecular complexity index is 1340. The van der Waals surface area contributed by atoms with Gasteiger partial charge in [-0.25, -0.2) is 4.79 Å². The number of anilines is 2. The summed E-state index contributed by atoms with van der Waals surface area (Å²) in [5.41, 5.74) is 5.66. The summed E-state index contributed by atoms with van der Waals surface area (Å²) < 4.78 is 10.8. The quantitative estimate of drug-likeness (QED) is 0.232. The van der Waals surface area contributed by atoms with Crippen molar-refractivity contribution in [3.05, 3.63) is 114 Å². The van der Waals surface area contributed by atoms with Gasteiger partial charge in [-0.1, -0.05) is 66.7 Å². The van der Waals surface area contributed by atoms with Gasteiger partial charge in [0.05, 0.1) is 6.61 Å². The molecule has 2 amide bonds. The molecule has 0 fully saturated rings. The van der Waals surface area contributed by atoms with Gasteiger partial charge in [0.15, 0.2) is 0 Å². The van der Waals surface area contributed by atoms with Crippen LogP contribution in [0.2, 0.25) is 0 Å². The molecular weight excluding hydrogens is 476 g/mol. The van der Waals surface area contributed by atoms with E-state index in [1.807, 2.05) is 110 Å². The van der Waals surface area contributed by atoms with Crippen molar-refractivity contribution in [2.24, 2.45) is 0 Å². The van der Waals surface area contributed by atoms with Crippen molar-refractivity contribution >= 4 is 23.4 Å². The van der Waals surface area contributed by atoms with Crippen LogP contribution in [0.1, 0.15) is 24.5 Å². The second-order valence-corrected chi connectivity index (χ2v) is 8.84. The van der Waals surface area contributed by atoms with Gasteiger partial charge in [0.25, 0.3) is 0 Å². The molecule has 4 aromatic carbocycles. The van der Waals surface area contributed by atoms with Crippen LogP contribution in [0.15, 0.2) is 103 Å². The molecule has 4 aromatic rings. The number of nitrogens with zero attached hydrogens (tertiary/aromatic N) is 1. The Morgan fingerprint density at radius 3 is 2.24 bits per heavy atom. The largest absolute Gasteiger partial charge is 0.489 e. The molecule has 1 N–H and O–H groups in total. The molecule has 0 heterocycles. The van der Waals surface area contributed by atoms with Gasteiger partial charge in [0, 0.05) is 24.8 Å². The Hall–Kier alpha value is -4.58. The first-order chi connectivity index (χ1) is 18.5. The van der Waals surface area contributed by atoms with E-state index in [1.165, 1.54) is 0 Å². The van der Waals surface area contributed by atoms with Gasteiger partial charge >= 0.3 is 12.0 Å². The number of esters is 1. The SMILES string of the molecule is CCOC(=O)CCc1ccc(-c2cccc(N(C)C(=O)Nc3ccc(OCc4ccccc4)cc3)c2)cc1. The minimum atomic E-state index is -0.241. The predicted molar refractivity (Wildman–Crippen MR) is 151 cm³/mol. The standard InChI is InChI=1S/C32H32N2O4/c1-3-37-31(35)21-14-24-12-15-26(16-13-24)27-10-7-11-29(22-27)34(2)32(36)33-28-17-19-30(20-18-28)38-23-25-8-5-4-6-9-25/h4-13,15-20,22H,3,14,21,23H2,1-2H3,(H,33,36). The van der Waals surface area contributed by atoms with Crippen LogP contribution in [0, 0.1) is 0 Å². The van der Waals surface area contributed by atoms with Crippen molar-refractivity contribution in [1.29, 1.82) is 0 Å². The van der Waals surface area contributed by atoms with Gasteiger partial charge < -0.3 is 14.8 Å². The molecule has 0 aromatic heterocycles. The summed E-state index contributed by atoms with van der Waals surface area (Å²) in [7, 11) is 1.74. The highest BCUT2D eigenvalue weighted by Gasteiger charge is 2.12. The number of nitrogens with one attached hydrogen (secondary N) is 1. The summed E-state index contributed by atoms with van der Waals surface area (Å²) >= 11 is 0. The number of amides is 2. The third-order valence-corrected chi connectivity index (χ3v) is 6.10. The average molecular weight is 509 g/mol. The van der Waals surface area contributed by atoms with Crippen LogP contribution in [0.5, 0.6) is 5.75 Å². The number of carbonyl (C=O) groups excluding carboxylic acids is 2. The molecule has 0 atom stereocenters. The lowest BCUT2D eigenvalue weighted by molar-refractivity contribution is -0.143. The summed E-state index contributed by atoms with van der Waals surface area (Å²) in [4.78, 5) is 26.1. The van der Waals surface area contributed by atoms with Gasteiger partial charge in [-0.05, 0) is 72.0 Å². The normalized spacial score (nSPS) is 10.5. The van der Waals surface area contributed by atoms with Crippen LogP contribution in [0.3, 0.4) is 0 Å². The molecule has 38 heavy (non-hydrogen) atoms. The zero-order valence-corrected chi connectivity index (χ0v) is 21.7. The first-order valence-electron chi connectivity index (χ1n) is 12.7. The molecule has 194 valence electrons. The molecule has 0 bridgehead atoms. The van der Waals surface area contributed by atoms with E-state index in [0.29, 0.717) is 31.7 Å². The van der Waals surface area contributed by atoms with Gasteiger partial charge in [-0.15, -0.1) is 0 Å². The van der Waals surface area contributed by atoms with Crippen molar-refractivity contribution in [2.45, 2.75) is 26.4 Å². The van der Waals surface area contributed by atoms with Crippen molar-refractivity contribution in [2.75, 3.05) is 23.9 Å². The fraction of sp³-hybridized carbons (Fsp3) is 0.188. The molecule has 0 radical (unpaired) electrons. The minimum Gasteiger partial charge on any atom is -0.489 e. The number of carbonyl (C=O) groups is 2. The highest BCUT2D eigenvalue weighted by Crippen LogP contribution is 2.26. The van der Waals surface area contributed by atoms with Crippen LogP contribution >= 0.6 is 0 Å². The third kappa shape index (κ3) is 7.46. The molecule has 0 saturated carbocycles. The smallest absolute Gasteiger partial charge is 0.326 e. The fourth-order valence-corrected chi connectivity index (χ4v) is 3.94. The molecule has 6 heteroatoms. The predicted octanol–water partition coefficient (Wildman–Crippen LogP) is 7.10. The molecule has 0 saturated heterocycles. The maximum atomic E-state index is 12.9. The second kappa shape index (κ2) is 13.1. The van der Waals surface area contributed by atoms with Crippen molar-refractivity contribution < 1.29 is 19.1 Å². The van der Waals surface area contributed by atoms with E-state index in [4.69, 9.17) is 9.47 Å². The topological polar surface area (TPSA) is 67.9 Å². The van der Waals surface area contributed by atoms with E-state index in [-0.39, 0.29) is 12.0 Å². The second-order valence-electron chi connectivity index (χ2n) is 8.84. The summed E-state index contributed by atoms with van der Waals surface area (Å²) in [6, 6.07) is 33.0. The Morgan fingerprint density at radius 1 is 0.789 bits per heavy atom. The maximum absolute atomic E-state index is 12.9. The number of ether oxygens (including phenoxy) is 2. The van der Waals surface area contributed by atoms with E-state index >= 15 is 0 Å². The maximum Gasteiger partial charge on any atom is 0.326 e. The summed E-state index contributed by atoms with van der Waals surface area (Å²) in [6.45, 7) is 2.70. The van der Waals surface area contributed by atoms with Crippen molar-refractivity contribution in [3.8, 4) is 16.9 Å². The molecule has 6 nitrogen and oxygen atoms in total. The van der Waals surface area contributed by atoms with Gasteiger partial charge in [-0.2, -0.15) is 0 Å². The monoisotopic (exact) mass is 508 g/mol. The van der Waals surface area contributed by atoms with E-state index in [9.17, 15) is 9.59 Å². The number of rotatable bonds is 10. The Balaban J connectivity index is 1.33. The number of aryl methyl sites for hydroxylation is 1. The Labute approximate surface area is 223 Å². The molecule has 0 unspecified atom stereocenters. The molecule has 0 aliphatic rings. The number of hydrogen-bond donors (Lipinski definition) is 1. The third-order valence-electron chi connectivity index (χ3n) is 6.10. The summed E-state index contributed by atoms with van der Waals surface area (Å²) in [6.07, 6.45) is 1.01. The van der Waals surface area contributed by atoms with E-state index in [1.54, 1.807) is 11.9 Å². The fourth-order valence-electron chi connectivity index (χ4n) is 3.94. The number of urea groups is 1. The molecule has 0 spiro atoms. The van der Waals surface area contributed by atoms with E-state index < -0.39 is 0 Å². The van der Waals surface area contributed by atoms with Crippen LogP contribution in [-0.2, 0) is 22.6 Å². The summed E-state index contributed by atoms with van der Waals surface area (Å²) in [5.74, 6) is 0.553. The Morgan fingerprint density at radius 2 is 1.53 bits per heavy atom. The van der Waals surface area contributed by atoms with Crippen LogP contribution in [0.4, 0.5) is 16.2 Å². The summed E-state index contributed by atoms with van der Waals surface area (Å²) in [5, 5.41) is 2.93. The average Bonchev–Trinajstić information content (AvgIpc) is 2.96. The molecular formula is C32H32N2O4. The number of hydrogen-bond acceptors (Lipinski definition) is 4. The van der Waals surface area contributed by atoms with Crippen molar-refractivity contribution in [3.63, 3.8) is 0 Å². The van der Waals surface area contributed by atoms with Crippen molar-refractivity contribution in [1.82, 2.24) is 0 Å². The highest BCUT2D eigenvalue weighted by molar-refractivity contribution is 6.01. The molecule has 0 aliphatic heterocycles. The van der Waals surface area contributed by atoms with E-state index in [2.05, 4.69) is 5.32 Å². The zero-order valence-electron chi connectivity index (χ0n) is 21.7. The Kier molecular flexibility index (Phi) is 9.13. The minimum absolute atomic E-state index is 0.182. The van der Waals surface area contributed by atoms with Crippen LogP contribution in [0.25, 0.3) is 11.1 Å². The lowest BCUT2D eigenvalue weighted by Gasteiger charge is -2.19. The van der Waals surface area contributed by atoms with Gasteiger partial charge in [0.2, 0.25) is 0 Å².